The van der Waals surface area contributed by atoms with Crippen LogP contribution < -0.4 is 5.73 Å². The van der Waals surface area contributed by atoms with Crippen LogP contribution >= 0.6 is 11.6 Å². The van der Waals surface area contributed by atoms with Gasteiger partial charge in [-0.05, 0) is 24.3 Å². The van der Waals surface area contributed by atoms with E-state index >= 15 is 0 Å². The Morgan fingerprint density at radius 3 is 2.61 bits per heavy atom. The molecule has 0 fully saturated rings. The fourth-order valence-corrected chi connectivity index (χ4v) is 1.75. The molecular formula is C14H9ClF3N3O2. The summed E-state index contributed by atoms with van der Waals surface area (Å²) in [5.41, 5.74) is 4.69. The quantitative estimate of drug-likeness (QED) is 0.305. The fourth-order valence-electron chi connectivity index (χ4n) is 1.58. The monoisotopic (exact) mass is 343 g/mol. The lowest BCUT2D eigenvalue weighted by molar-refractivity contribution is -0.137. The summed E-state index contributed by atoms with van der Waals surface area (Å²) in [6, 6.07) is 6.76. The molecule has 120 valence electrons. The van der Waals surface area contributed by atoms with Gasteiger partial charge in [-0.3, -0.25) is 0 Å². The van der Waals surface area contributed by atoms with Gasteiger partial charge in [0, 0.05) is 11.8 Å². The van der Waals surface area contributed by atoms with Crippen molar-refractivity contribution in [3.05, 3.63) is 64.4 Å². The predicted octanol–water partition coefficient (Wildman–Crippen LogP) is 3.23. The fraction of sp³-hybridized carbons (Fsp3) is 0.0714. The van der Waals surface area contributed by atoms with Gasteiger partial charge in [0.05, 0.1) is 11.1 Å². The maximum absolute atomic E-state index is 12.6. The number of benzene rings is 1. The van der Waals surface area contributed by atoms with Gasteiger partial charge < -0.3 is 10.6 Å². The average Bonchev–Trinajstić information content (AvgIpc) is 2.51. The summed E-state index contributed by atoms with van der Waals surface area (Å²) in [6.45, 7) is 0. The standard InChI is InChI=1S/C14H9ClF3N3O2/c15-11-7-9(4-5-20-11)13(22)23-21-12(19)8-2-1-3-10(6-8)14(16,17)18/h1-7H,(H2,19,21). The highest BCUT2D eigenvalue weighted by Crippen LogP contribution is 2.29. The number of carbonyl (C=O) groups excluding carboxylic acids is 1. The molecule has 1 aromatic carbocycles. The number of nitrogens with zero attached hydrogens (tertiary/aromatic N) is 2. The second kappa shape index (κ2) is 6.66. The van der Waals surface area contributed by atoms with E-state index < -0.39 is 17.7 Å². The van der Waals surface area contributed by atoms with Crippen molar-refractivity contribution in [3.63, 3.8) is 0 Å². The molecule has 2 aromatic rings. The first-order chi connectivity index (χ1) is 10.8. The van der Waals surface area contributed by atoms with Gasteiger partial charge in [-0.15, -0.1) is 0 Å². The smallest absolute Gasteiger partial charge is 0.380 e. The zero-order valence-electron chi connectivity index (χ0n) is 11.3. The molecule has 23 heavy (non-hydrogen) atoms. The maximum atomic E-state index is 12.6. The molecule has 0 saturated heterocycles. The molecule has 0 aliphatic carbocycles. The Balaban J connectivity index is 2.16. The highest BCUT2D eigenvalue weighted by molar-refractivity contribution is 6.29. The van der Waals surface area contributed by atoms with Crippen LogP contribution in [0.4, 0.5) is 13.2 Å². The first-order valence-electron chi connectivity index (χ1n) is 6.11. The third kappa shape index (κ3) is 4.43. The van der Waals surface area contributed by atoms with Gasteiger partial charge in [-0.2, -0.15) is 13.2 Å². The predicted molar refractivity (Wildman–Crippen MR) is 76.8 cm³/mol. The highest BCUT2D eigenvalue weighted by atomic mass is 35.5. The zero-order valence-corrected chi connectivity index (χ0v) is 12.1. The summed E-state index contributed by atoms with van der Waals surface area (Å²) in [5.74, 6) is -1.24. The van der Waals surface area contributed by atoms with E-state index in [0.29, 0.717) is 0 Å². The largest absolute Gasteiger partial charge is 0.416 e. The number of pyridine rings is 1. The molecule has 0 bridgehead atoms. The van der Waals surface area contributed by atoms with Crippen molar-refractivity contribution in [2.45, 2.75) is 6.18 Å². The lowest BCUT2D eigenvalue weighted by Gasteiger charge is -2.08. The Morgan fingerprint density at radius 2 is 1.96 bits per heavy atom. The molecule has 0 atom stereocenters. The molecule has 0 spiro atoms. The summed E-state index contributed by atoms with van der Waals surface area (Å²) in [5, 5.41) is 3.42. The van der Waals surface area contributed by atoms with E-state index in [1.807, 2.05) is 0 Å². The van der Waals surface area contributed by atoms with Crippen molar-refractivity contribution in [3.8, 4) is 0 Å². The number of hydrogen-bond acceptors (Lipinski definition) is 4. The van der Waals surface area contributed by atoms with Crippen molar-refractivity contribution in [1.29, 1.82) is 0 Å². The number of hydrogen-bond donors (Lipinski definition) is 1. The summed E-state index contributed by atoms with van der Waals surface area (Å²) in [4.78, 5) is 20.0. The molecule has 5 nitrogen and oxygen atoms in total. The number of amidine groups is 1. The van der Waals surface area contributed by atoms with Gasteiger partial charge in [0.1, 0.15) is 5.15 Å². The molecule has 1 aromatic heterocycles. The molecule has 0 unspecified atom stereocenters. The number of aromatic nitrogens is 1. The number of nitrogens with two attached hydrogens (primary N) is 1. The summed E-state index contributed by atoms with van der Waals surface area (Å²) < 4.78 is 37.9. The van der Waals surface area contributed by atoms with E-state index in [2.05, 4.69) is 15.0 Å². The van der Waals surface area contributed by atoms with E-state index in [1.54, 1.807) is 0 Å². The minimum absolute atomic E-state index is 0.0274. The Labute approximate surface area is 133 Å². The minimum Gasteiger partial charge on any atom is -0.380 e. The van der Waals surface area contributed by atoms with Crippen molar-refractivity contribution in [2.24, 2.45) is 10.9 Å². The summed E-state index contributed by atoms with van der Waals surface area (Å²) in [6.07, 6.45) is -3.22. The lowest BCUT2D eigenvalue weighted by Crippen LogP contribution is -2.16. The first kappa shape index (κ1) is 16.8. The molecule has 0 aliphatic rings. The van der Waals surface area contributed by atoms with E-state index in [0.717, 1.165) is 12.1 Å². The van der Waals surface area contributed by atoms with Crippen molar-refractivity contribution < 1.29 is 22.8 Å². The van der Waals surface area contributed by atoms with E-state index in [1.165, 1.54) is 30.5 Å². The van der Waals surface area contributed by atoms with Gasteiger partial charge in [0.2, 0.25) is 0 Å². The third-order valence-electron chi connectivity index (χ3n) is 2.67. The SMILES string of the molecule is N/C(=N\OC(=O)c1ccnc(Cl)c1)c1cccc(C(F)(F)F)c1. The molecule has 0 amide bonds. The van der Waals surface area contributed by atoms with Crippen LogP contribution in [0.1, 0.15) is 21.5 Å². The minimum atomic E-state index is -4.51. The Hall–Kier alpha value is -2.61. The van der Waals surface area contributed by atoms with Crippen LogP contribution in [0, 0.1) is 0 Å². The van der Waals surface area contributed by atoms with Crippen LogP contribution in [0.25, 0.3) is 0 Å². The van der Waals surface area contributed by atoms with Gasteiger partial charge in [-0.25, -0.2) is 9.78 Å². The van der Waals surface area contributed by atoms with E-state index in [-0.39, 0.29) is 22.1 Å². The Morgan fingerprint density at radius 1 is 1.22 bits per heavy atom. The second-order valence-corrected chi connectivity index (χ2v) is 4.69. The Bertz CT molecular complexity index is 763. The van der Waals surface area contributed by atoms with Crippen LogP contribution in [0.3, 0.4) is 0 Å². The number of rotatable bonds is 3. The number of alkyl halides is 3. The molecule has 2 rings (SSSR count). The van der Waals surface area contributed by atoms with Gasteiger partial charge in [0.15, 0.2) is 5.84 Å². The van der Waals surface area contributed by atoms with Gasteiger partial charge in [0.25, 0.3) is 0 Å². The molecule has 9 heteroatoms. The third-order valence-corrected chi connectivity index (χ3v) is 2.88. The summed E-state index contributed by atoms with van der Waals surface area (Å²) >= 11 is 5.62. The maximum Gasteiger partial charge on any atom is 0.416 e. The van der Waals surface area contributed by atoms with Crippen LogP contribution in [0.5, 0.6) is 0 Å². The topological polar surface area (TPSA) is 77.6 Å². The zero-order chi connectivity index (χ0) is 17.0. The molecule has 2 N–H and O–H groups in total. The number of halogens is 4. The molecule has 0 saturated carbocycles. The second-order valence-electron chi connectivity index (χ2n) is 4.30. The average molecular weight is 344 g/mol. The normalized spacial score (nSPS) is 12.1. The number of oxime groups is 1. The number of carbonyl (C=O) groups is 1. The van der Waals surface area contributed by atoms with Crippen LogP contribution in [0.15, 0.2) is 47.8 Å². The van der Waals surface area contributed by atoms with Gasteiger partial charge in [-0.1, -0.05) is 28.9 Å². The van der Waals surface area contributed by atoms with Crippen LogP contribution in [-0.2, 0) is 11.0 Å². The molecule has 1 heterocycles. The van der Waals surface area contributed by atoms with Crippen LogP contribution in [-0.4, -0.2) is 16.8 Å². The van der Waals surface area contributed by atoms with E-state index in [9.17, 15) is 18.0 Å². The molecule has 0 radical (unpaired) electrons. The molecule has 0 aliphatic heterocycles. The first-order valence-corrected chi connectivity index (χ1v) is 6.49. The Kier molecular flexibility index (Phi) is 4.85. The molecular weight excluding hydrogens is 335 g/mol. The van der Waals surface area contributed by atoms with Crippen molar-refractivity contribution >= 4 is 23.4 Å². The summed E-state index contributed by atoms with van der Waals surface area (Å²) in [7, 11) is 0. The van der Waals surface area contributed by atoms with Crippen molar-refractivity contribution in [1.82, 2.24) is 4.98 Å². The van der Waals surface area contributed by atoms with Crippen molar-refractivity contribution in [2.75, 3.05) is 0 Å². The van der Waals surface area contributed by atoms with Crippen LogP contribution in [0.2, 0.25) is 5.15 Å². The van der Waals surface area contributed by atoms with Gasteiger partial charge >= 0.3 is 12.1 Å². The van der Waals surface area contributed by atoms with E-state index in [4.69, 9.17) is 17.3 Å². The lowest BCUT2D eigenvalue weighted by atomic mass is 10.1. The highest BCUT2D eigenvalue weighted by Gasteiger charge is 2.30.